The van der Waals surface area contributed by atoms with Crippen LogP contribution in [0.25, 0.3) is 0 Å². The number of rotatable bonds is 4. The van der Waals surface area contributed by atoms with Gasteiger partial charge in [-0.3, -0.25) is 0 Å². The fourth-order valence-electron chi connectivity index (χ4n) is 2.89. The van der Waals surface area contributed by atoms with E-state index in [1.807, 2.05) is 6.92 Å². The predicted octanol–water partition coefficient (Wildman–Crippen LogP) is 4.31. The van der Waals surface area contributed by atoms with Crippen LogP contribution in [-0.2, 0) is 10.0 Å². The number of piperidine rings is 1. The Hall–Kier alpha value is -1.38. The average molecular weight is 372 g/mol. The van der Waals surface area contributed by atoms with Crippen LogP contribution in [0.1, 0.15) is 47.2 Å². The number of thiazole rings is 1. The molecule has 2 aromatic rings. The molecule has 0 bridgehead atoms. The third-order valence-corrected chi connectivity index (χ3v) is 7.05. The summed E-state index contributed by atoms with van der Waals surface area (Å²) in [4.78, 5) is 5.43. The Morgan fingerprint density at radius 2 is 1.96 bits per heavy atom. The third-order valence-electron chi connectivity index (χ3n) is 4.12. The summed E-state index contributed by atoms with van der Waals surface area (Å²) >= 11 is 1.50. The Bertz CT molecular complexity index is 804. The predicted molar refractivity (Wildman–Crippen MR) is 88.7 cm³/mol. The molecule has 1 aliphatic rings. The lowest BCUT2D eigenvalue weighted by Crippen LogP contribution is -2.38. The number of benzene rings is 1. The van der Waals surface area contributed by atoms with E-state index in [0.717, 1.165) is 29.1 Å². The molecule has 4 nitrogen and oxygen atoms in total. The zero-order chi connectivity index (χ0) is 17.3. The van der Waals surface area contributed by atoms with E-state index in [1.165, 1.54) is 39.9 Å². The molecule has 1 aromatic heterocycles. The minimum atomic E-state index is -3.74. The number of aromatic nitrogens is 1. The molecule has 24 heavy (non-hydrogen) atoms. The third kappa shape index (κ3) is 3.36. The van der Waals surface area contributed by atoms with Crippen LogP contribution in [0.2, 0.25) is 0 Å². The van der Waals surface area contributed by atoms with Gasteiger partial charge < -0.3 is 0 Å². The topological polar surface area (TPSA) is 50.3 Å². The van der Waals surface area contributed by atoms with Gasteiger partial charge in [0.25, 0.3) is 6.43 Å². The molecule has 2 heterocycles. The first kappa shape index (κ1) is 17.4. The van der Waals surface area contributed by atoms with Crippen LogP contribution in [0.15, 0.2) is 35.4 Å². The Balaban J connectivity index is 1.94. The van der Waals surface area contributed by atoms with Crippen LogP contribution in [0.5, 0.6) is 0 Å². The van der Waals surface area contributed by atoms with Crippen LogP contribution in [0, 0.1) is 6.92 Å². The maximum Gasteiger partial charge on any atom is 0.263 e. The molecule has 130 valence electrons. The number of nitrogens with zero attached hydrogens (tertiary/aromatic N) is 2. The van der Waals surface area contributed by atoms with E-state index < -0.39 is 16.4 Å². The molecule has 0 aliphatic carbocycles. The minimum Gasteiger partial charge on any atom is -0.248 e. The van der Waals surface area contributed by atoms with Gasteiger partial charge in [0.05, 0.1) is 10.9 Å². The summed E-state index contributed by atoms with van der Waals surface area (Å²) in [6.07, 6.45) is 1.59. The molecule has 1 atom stereocenters. The molecule has 0 radical (unpaired) electrons. The summed E-state index contributed by atoms with van der Waals surface area (Å²) in [5.41, 5.74) is -0.181. The molecule has 8 heteroatoms. The number of alkyl halides is 2. The quantitative estimate of drug-likeness (QED) is 0.804. The second-order valence-corrected chi connectivity index (χ2v) is 8.96. The van der Waals surface area contributed by atoms with Crippen molar-refractivity contribution in [3.63, 3.8) is 0 Å². The lowest BCUT2D eigenvalue weighted by Gasteiger charge is -2.33. The summed E-state index contributed by atoms with van der Waals surface area (Å²) in [6, 6.07) is 4.58. The van der Waals surface area contributed by atoms with Gasteiger partial charge >= 0.3 is 0 Å². The van der Waals surface area contributed by atoms with E-state index in [2.05, 4.69) is 4.98 Å². The molecule has 0 amide bonds. The summed E-state index contributed by atoms with van der Waals surface area (Å²) in [7, 11) is -3.74. The van der Waals surface area contributed by atoms with E-state index in [0.29, 0.717) is 6.54 Å². The molecule has 3 rings (SSSR count). The molecule has 0 spiro atoms. The fourth-order valence-corrected chi connectivity index (χ4v) is 5.54. The standard InChI is InChI=1S/C16H18F2N2O2S2/c1-11-10-19-16(23-11)14-4-2-3-9-20(14)24(21,22)13-7-5-12(6-8-13)15(17)18/h5-8,10,14-15H,2-4,9H2,1H3. The molecule has 1 unspecified atom stereocenters. The number of hydrogen-bond acceptors (Lipinski definition) is 4. The average Bonchev–Trinajstić information content (AvgIpc) is 3.01. The first-order valence-electron chi connectivity index (χ1n) is 7.72. The Morgan fingerprint density at radius 3 is 2.54 bits per heavy atom. The zero-order valence-electron chi connectivity index (χ0n) is 13.2. The number of hydrogen-bond donors (Lipinski definition) is 0. The zero-order valence-corrected chi connectivity index (χ0v) is 14.8. The Labute approximate surface area is 144 Å². The maximum atomic E-state index is 13.0. The van der Waals surface area contributed by atoms with Gasteiger partial charge in [-0.2, -0.15) is 4.31 Å². The summed E-state index contributed by atoms with van der Waals surface area (Å²) in [5.74, 6) is 0. The van der Waals surface area contributed by atoms with E-state index in [1.54, 1.807) is 6.20 Å². The van der Waals surface area contributed by atoms with Crippen LogP contribution in [-0.4, -0.2) is 24.3 Å². The van der Waals surface area contributed by atoms with Gasteiger partial charge in [0.1, 0.15) is 5.01 Å². The summed E-state index contributed by atoms with van der Waals surface area (Å²) < 4.78 is 52.8. The Kier molecular flexibility index (Phi) is 4.98. The molecule has 1 fully saturated rings. The second kappa shape index (κ2) is 6.85. The van der Waals surface area contributed by atoms with Gasteiger partial charge in [0, 0.05) is 23.2 Å². The molecule has 0 saturated carbocycles. The highest BCUT2D eigenvalue weighted by Gasteiger charge is 2.35. The lowest BCUT2D eigenvalue weighted by molar-refractivity contribution is 0.151. The monoisotopic (exact) mass is 372 g/mol. The number of sulfonamides is 1. The summed E-state index contributed by atoms with van der Waals surface area (Å²) in [6.45, 7) is 2.36. The van der Waals surface area contributed by atoms with Gasteiger partial charge in [-0.1, -0.05) is 18.6 Å². The molecule has 1 saturated heterocycles. The minimum absolute atomic E-state index is 0.0482. The van der Waals surface area contributed by atoms with Crippen LogP contribution < -0.4 is 0 Å². The Morgan fingerprint density at radius 1 is 1.25 bits per heavy atom. The van der Waals surface area contributed by atoms with Crippen molar-refractivity contribution in [1.82, 2.24) is 9.29 Å². The molecule has 1 aliphatic heterocycles. The van der Waals surface area contributed by atoms with Crippen molar-refractivity contribution in [3.05, 3.63) is 45.9 Å². The van der Waals surface area contributed by atoms with Crippen LogP contribution >= 0.6 is 11.3 Å². The molecular formula is C16H18F2N2O2S2. The van der Waals surface area contributed by atoms with E-state index in [9.17, 15) is 17.2 Å². The first-order chi connectivity index (χ1) is 11.4. The maximum absolute atomic E-state index is 13.0. The van der Waals surface area contributed by atoms with Gasteiger partial charge in [0.15, 0.2) is 0 Å². The first-order valence-corrected chi connectivity index (χ1v) is 9.97. The van der Waals surface area contributed by atoms with Crippen LogP contribution in [0.4, 0.5) is 8.78 Å². The van der Waals surface area contributed by atoms with Gasteiger partial charge in [-0.15, -0.1) is 11.3 Å². The smallest absolute Gasteiger partial charge is 0.248 e. The number of aryl methyl sites for hydroxylation is 1. The van der Waals surface area contributed by atoms with E-state index >= 15 is 0 Å². The normalized spacial score (nSPS) is 19.8. The van der Waals surface area contributed by atoms with Gasteiger partial charge in [-0.25, -0.2) is 22.2 Å². The van der Waals surface area contributed by atoms with Crippen molar-refractivity contribution in [2.75, 3.05) is 6.54 Å². The highest BCUT2D eigenvalue weighted by atomic mass is 32.2. The molecule has 1 aromatic carbocycles. The largest absolute Gasteiger partial charge is 0.263 e. The SMILES string of the molecule is Cc1cnc(C2CCCCN2S(=O)(=O)c2ccc(C(F)F)cc2)s1. The second-order valence-electron chi connectivity index (χ2n) is 5.81. The van der Waals surface area contributed by atoms with Crippen molar-refractivity contribution in [3.8, 4) is 0 Å². The fraction of sp³-hybridized carbons (Fsp3) is 0.438. The van der Waals surface area contributed by atoms with Gasteiger partial charge in [0.2, 0.25) is 10.0 Å². The van der Waals surface area contributed by atoms with Crippen molar-refractivity contribution >= 4 is 21.4 Å². The molecule has 0 N–H and O–H groups in total. The molecular weight excluding hydrogens is 354 g/mol. The highest BCUT2D eigenvalue weighted by Crippen LogP contribution is 2.37. The van der Waals surface area contributed by atoms with Crippen molar-refractivity contribution in [2.24, 2.45) is 0 Å². The van der Waals surface area contributed by atoms with Crippen molar-refractivity contribution in [1.29, 1.82) is 0 Å². The van der Waals surface area contributed by atoms with E-state index in [4.69, 9.17) is 0 Å². The highest BCUT2D eigenvalue weighted by molar-refractivity contribution is 7.89. The van der Waals surface area contributed by atoms with Gasteiger partial charge in [-0.05, 0) is 31.9 Å². The van der Waals surface area contributed by atoms with Crippen LogP contribution in [0.3, 0.4) is 0 Å². The van der Waals surface area contributed by atoms with E-state index in [-0.39, 0.29) is 16.5 Å². The van der Waals surface area contributed by atoms with Crippen molar-refractivity contribution < 1.29 is 17.2 Å². The number of halogens is 2. The van der Waals surface area contributed by atoms with Crippen molar-refractivity contribution in [2.45, 2.75) is 43.5 Å². The summed E-state index contributed by atoms with van der Waals surface area (Å²) in [5, 5.41) is 0.792. The lowest BCUT2D eigenvalue weighted by atomic mass is 10.1.